The number of hydrogen-bond acceptors (Lipinski definition) is 2. The summed E-state index contributed by atoms with van der Waals surface area (Å²) in [6.07, 6.45) is 5.63. The Morgan fingerprint density at radius 2 is 2.06 bits per heavy atom. The lowest BCUT2D eigenvalue weighted by molar-refractivity contribution is 0.239. The molecule has 0 spiro atoms. The Kier molecular flexibility index (Phi) is 7.14. The fourth-order valence-corrected chi connectivity index (χ4v) is 2.94. The topological polar surface area (TPSA) is 15.3 Å². The van der Waals surface area contributed by atoms with Crippen LogP contribution in [0.3, 0.4) is 0 Å². The van der Waals surface area contributed by atoms with E-state index >= 15 is 0 Å². The van der Waals surface area contributed by atoms with E-state index in [1.807, 2.05) is 0 Å². The van der Waals surface area contributed by atoms with E-state index in [-0.39, 0.29) is 0 Å². The quantitative estimate of drug-likeness (QED) is 0.735. The second-order valence-electron chi connectivity index (χ2n) is 6.21. The normalized spacial score (nSPS) is 25.8. The maximum absolute atomic E-state index is 3.75. The summed E-state index contributed by atoms with van der Waals surface area (Å²) in [5, 5.41) is 3.75. The van der Waals surface area contributed by atoms with Crippen LogP contribution in [0.5, 0.6) is 0 Å². The molecule has 0 amide bonds. The summed E-state index contributed by atoms with van der Waals surface area (Å²) in [5.74, 6) is 1.71. The zero-order valence-electron chi connectivity index (χ0n) is 12.3. The van der Waals surface area contributed by atoms with E-state index < -0.39 is 0 Å². The van der Waals surface area contributed by atoms with E-state index in [2.05, 4.69) is 37.9 Å². The molecule has 0 radical (unpaired) electrons. The molecule has 0 aromatic carbocycles. The predicted molar refractivity (Wildman–Crippen MR) is 76.4 cm³/mol. The average Bonchev–Trinajstić information content (AvgIpc) is 2.27. The lowest BCUT2D eigenvalue weighted by Gasteiger charge is -2.29. The lowest BCUT2D eigenvalue weighted by atomic mass is 9.87. The zero-order chi connectivity index (χ0) is 12.7. The van der Waals surface area contributed by atoms with Gasteiger partial charge in [-0.2, -0.15) is 0 Å². The number of hydrogen-bond donors (Lipinski definition) is 1. The van der Waals surface area contributed by atoms with E-state index in [0.29, 0.717) is 0 Å². The third-order valence-electron chi connectivity index (χ3n) is 3.87. The minimum Gasteiger partial charge on any atom is -0.313 e. The highest BCUT2D eigenvalue weighted by molar-refractivity contribution is 4.76. The van der Waals surface area contributed by atoms with Gasteiger partial charge < -0.3 is 10.2 Å². The van der Waals surface area contributed by atoms with Gasteiger partial charge in [0, 0.05) is 25.7 Å². The zero-order valence-corrected chi connectivity index (χ0v) is 12.3. The van der Waals surface area contributed by atoms with Gasteiger partial charge in [0.2, 0.25) is 0 Å². The van der Waals surface area contributed by atoms with Crippen molar-refractivity contribution in [3.8, 4) is 0 Å². The molecule has 0 aromatic heterocycles. The monoisotopic (exact) mass is 240 g/mol. The van der Waals surface area contributed by atoms with E-state index in [0.717, 1.165) is 24.4 Å². The van der Waals surface area contributed by atoms with Crippen molar-refractivity contribution in [3.05, 3.63) is 0 Å². The molecule has 0 saturated heterocycles. The van der Waals surface area contributed by atoms with Gasteiger partial charge in [0.15, 0.2) is 0 Å². The molecule has 0 aliphatic heterocycles. The van der Waals surface area contributed by atoms with Crippen molar-refractivity contribution in [2.75, 3.05) is 26.2 Å². The van der Waals surface area contributed by atoms with Crippen molar-refractivity contribution in [2.24, 2.45) is 11.8 Å². The third-order valence-corrected chi connectivity index (χ3v) is 3.87. The molecule has 1 aliphatic carbocycles. The van der Waals surface area contributed by atoms with Gasteiger partial charge in [-0.15, -0.1) is 0 Å². The van der Waals surface area contributed by atoms with Gasteiger partial charge in [-0.1, -0.05) is 40.5 Å². The van der Waals surface area contributed by atoms with E-state index in [1.54, 1.807) is 0 Å². The van der Waals surface area contributed by atoms with Crippen LogP contribution >= 0.6 is 0 Å². The van der Waals surface area contributed by atoms with Crippen LogP contribution in [0.15, 0.2) is 0 Å². The van der Waals surface area contributed by atoms with Crippen LogP contribution < -0.4 is 5.32 Å². The first-order valence-electron chi connectivity index (χ1n) is 7.57. The summed E-state index contributed by atoms with van der Waals surface area (Å²) >= 11 is 0. The molecule has 102 valence electrons. The van der Waals surface area contributed by atoms with E-state index in [4.69, 9.17) is 0 Å². The number of nitrogens with zero attached hydrogens (tertiary/aromatic N) is 1. The fraction of sp³-hybridized carbons (Fsp3) is 1.00. The van der Waals surface area contributed by atoms with Crippen LogP contribution in [0.2, 0.25) is 0 Å². The Labute approximate surface area is 108 Å². The third kappa shape index (κ3) is 6.42. The van der Waals surface area contributed by atoms with Gasteiger partial charge in [0.1, 0.15) is 0 Å². The Bertz CT molecular complexity index is 187. The molecule has 0 aromatic rings. The number of rotatable bonds is 7. The van der Waals surface area contributed by atoms with Crippen molar-refractivity contribution < 1.29 is 0 Å². The van der Waals surface area contributed by atoms with Crippen molar-refractivity contribution in [1.82, 2.24) is 10.2 Å². The average molecular weight is 240 g/mol. The first kappa shape index (κ1) is 15.0. The number of likely N-dealkylation sites (N-methyl/N-ethyl adjacent to an activating group) is 1. The van der Waals surface area contributed by atoms with Gasteiger partial charge in [-0.3, -0.25) is 0 Å². The van der Waals surface area contributed by atoms with Gasteiger partial charge in [-0.05, 0) is 31.2 Å². The minimum atomic E-state index is 0.782. The number of nitrogens with one attached hydrogen (secondary N) is 1. The van der Waals surface area contributed by atoms with Crippen molar-refractivity contribution in [1.29, 1.82) is 0 Å². The van der Waals surface area contributed by atoms with Gasteiger partial charge in [0.05, 0.1) is 0 Å². The summed E-state index contributed by atoms with van der Waals surface area (Å²) < 4.78 is 0. The molecule has 2 heteroatoms. The SMILES string of the molecule is CCN(CCNC1CCCC(C)C1)CC(C)C. The largest absolute Gasteiger partial charge is 0.313 e. The Hall–Kier alpha value is -0.0800. The summed E-state index contributed by atoms with van der Waals surface area (Å²) in [6.45, 7) is 14.1. The molecule has 2 unspecified atom stereocenters. The molecular weight excluding hydrogens is 208 g/mol. The van der Waals surface area contributed by atoms with Crippen LogP contribution in [0.25, 0.3) is 0 Å². The molecule has 1 N–H and O–H groups in total. The standard InChI is InChI=1S/C15H32N2/c1-5-17(12-13(2)3)10-9-16-15-8-6-7-14(4)11-15/h13-16H,5-12H2,1-4H3. The molecule has 17 heavy (non-hydrogen) atoms. The second-order valence-corrected chi connectivity index (χ2v) is 6.21. The summed E-state index contributed by atoms with van der Waals surface area (Å²) in [4.78, 5) is 2.56. The highest BCUT2D eigenvalue weighted by Crippen LogP contribution is 2.23. The van der Waals surface area contributed by atoms with Gasteiger partial charge in [-0.25, -0.2) is 0 Å². The van der Waals surface area contributed by atoms with Gasteiger partial charge in [0.25, 0.3) is 0 Å². The van der Waals surface area contributed by atoms with Crippen LogP contribution in [-0.4, -0.2) is 37.1 Å². The first-order valence-corrected chi connectivity index (χ1v) is 7.57. The molecule has 2 nitrogen and oxygen atoms in total. The maximum atomic E-state index is 3.75. The van der Waals surface area contributed by atoms with E-state index in [9.17, 15) is 0 Å². The predicted octanol–water partition coefficient (Wildman–Crippen LogP) is 3.13. The first-order chi connectivity index (χ1) is 8.11. The molecular formula is C15H32N2. The lowest BCUT2D eigenvalue weighted by Crippen LogP contribution is -2.40. The molecule has 2 atom stereocenters. The molecule has 0 bridgehead atoms. The van der Waals surface area contributed by atoms with Crippen molar-refractivity contribution in [2.45, 2.75) is 59.4 Å². The smallest absolute Gasteiger partial charge is 0.0107 e. The van der Waals surface area contributed by atoms with Gasteiger partial charge >= 0.3 is 0 Å². The molecule has 1 saturated carbocycles. The van der Waals surface area contributed by atoms with Crippen molar-refractivity contribution >= 4 is 0 Å². The summed E-state index contributed by atoms with van der Waals surface area (Å²) in [5.41, 5.74) is 0. The Morgan fingerprint density at radius 1 is 1.29 bits per heavy atom. The van der Waals surface area contributed by atoms with Crippen LogP contribution in [0.4, 0.5) is 0 Å². The van der Waals surface area contributed by atoms with Crippen LogP contribution in [-0.2, 0) is 0 Å². The fourth-order valence-electron chi connectivity index (χ4n) is 2.94. The molecule has 1 fully saturated rings. The Balaban J connectivity index is 2.12. The highest BCUT2D eigenvalue weighted by Gasteiger charge is 2.18. The van der Waals surface area contributed by atoms with Crippen LogP contribution in [0, 0.1) is 11.8 Å². The molecule has 0 heterocycles. The van der Waals surface area contributed by atoms with Crippen molar-refractivity contribution in [3.63, 3.8) is 0 Å². The maximum Gasteiger partial charge on any atom is 0.0107 e. The molecule has 1 aliphatic rings. The minimum absolute atomic E-state index is 0.782. The molecule has 1 rings (SSSR count). The second kappa shape index (κ2) is 8.10. The highest BCUT2D eigenvalue weighted by atomic mass is 15.1. The summed E-state index contributed by atoms with van der Waals surface area (Å²) in [7, 11) is 0. The summed E-state index contributed by atoms with van der Waals surface area (Å²) in [6, 6.07) is 0.788. The van der Waals surface area contributed by atoms with E-state index in [1.165, 1.54) is 45.3 Å². The Morgan fingerprint density at radius 3 is 2.65 bits per heavy atom. The van der Waals surface area contributed by atoms with Crippen LogP contribution in [0.1, 0.15) is 53.4 Å².